The third-order valence-electron chi connectivity index (χ3n) is 4.27. The quantitative estimate of drug-likeness (QED) is 0.823. The minimum Gasteiger partial charge on any atom is -0.481 e. The van der Waals surface area contributed by atoms with E-state index < -0.39 is 5.97 Å². The van der Waals surface area contributed by atoms with E-state index in [0.29, 0.717) is 6.42 Å². The van der Waals surface area contributed by atoms with Crippen molar-refractivity contribution in [1.29, 1.82) is 0 Å². The SMILES string of the molecule is CCC(C(=O)O)C1(c2ccccc2)C=CCCCC1. The first-order valence-electron chi connectivity index (χ1n) is 7.16. The Labute approximate surface area is 115 Å². The van der Waals surface area contributed by atoms with Crippen LogP contribution in [0.3, 0.4) is 0 Å². The van der Waals surface area contributed by atoms with Gasteiger partial charge in [0.2, 0.25) is 0 Å². The van der Waals surface area contributed by atoms with Crippen molar-refractivity contribution in [3.63, 3.8) is 0 Å². The fourth-order valence-corrected chi connectivity index (χ4v) is 3.30. The number of carboxylic acid groups (broad SMARTS) is 1. The van der Waals surface area contributed by atoms with Crippen LogP contribution in [-0.4, -0.2) is 11.1 Å². The van der Waals surface area contributed by atoms with Crippen molar-refractivity contribution in [3.05, 3.63) is 48.0 Å². The molecule has 0 bridgehead atoms. The maximum Gasteiger partial charge on any atom is 0.307 e. The third kappa shape index (κ3) is 2.73. The summed E-state index contributed by atoms with van der Waals surface area (Å²) in [5.41, 5.74) is 0.806. The van der Waals surface area contributed by atoms with Crippen molar-refractivity contribution < 1.29 is 9.90 Å². The molecule has 1 aliphatic carbocycles. The van der Waals surface area contributed by atoms with Crippen molar-refractivity contribution in [2.24, 2.45) is 5.92 Å². The summed E-state index contributed by atoms with van der Waals surface area (Å²) in [7, 11) is 0. The molecule has 2 atom stereocenters. The van der Waals surface area contributed by atoms with E-state index in [-0.39, 0.29) is 11.3 Å². The molecule has 1 aromatic carbocycles. The van der Waals surface area contributed by atoms with Gasteiger partial charge in [-0.3, -0.25) is 4.79 Å². The molecular weight excluding hydrogens is 236 g/mol. The van der Waals surface area contributed by atoms with Gasteiger partial charge in [-0.25, -0.2) is 0 Å². The van der Waals surface area contributed by atoms with Crippen LogP contribution >= 0.6 is 0 Å². The number of hydrogen-bond donors (Lipinski definition) is 1. The Balaban J connectivity index is 2.51. The van der Waals surface area contributed by atoms with Crippen LogP contribution in [-0.2, 0) is 10.2 Å². The van der Waals surface area contributed by atoms with Gasteiger partial charge in [-0.1, -0.05) is 55.8 Å². The molecule has 0 heterocycles. The van der Waals surface area contributed by atoms with E-state index in [9.17, 15) is 9.90 Å². The summed E-state index contributed by atoms with van der Waals surface area (Å²) in [6.07, 6.45) is 9.23. The summed E-state index contributed by atoms with van der Waals surface area (Å²) in [6, 6.07) is 10.1. The van der Waals surface area contributed by atoms with Gasteiger partial charge in [-0.2, -0.15) is 0 Å². The van der Waals surface area contributed by atoms with E-state index in [1.807, 2.05) is 25.1 Å². The molecule has 0 aliphatic heterocycles. The number of benzene rings is 1. The molecule has 1 N–H and O–H groups in total. The van der Waals surface area contributed by atoms with Crippen LogP contribution in [0, 0.1) is 5.92 Å². The summed E-state index contributed by atoms with van der Waals surface area (Å²) in [6.45, 7) is 1.97. The Morgan fingerprint density at radius 1 is 1.32 bits per heavy atom. The molecule has 0 spiro atoms. The molecule has 0 saturated carbocycles. The second-order valence-electron chi connectivity index (χ2n) is 5.35. The second-order valence-corrected chi connectivity index (χ2v) is 5.35. The van der Waals surface area contributed by atoms with Crippen molar-refractivity contribution in [1.82, 2.24) is 0 Å². The predicted molar refractivity (Wildman–Crippen MR) is 77.1 cm³/mol. The normalized spacial score (nSPS) is 24.7. The number of hydrogen-bond acceptors (Lipinski definition) is 1. The summed E-state index contributed by atoms with van der Waals surface area (Å²) >= 11 is 0. The number of rotatable bonds is 4. The zero-order valence-electron chi connectivity index (χ0n) is 11.5. The van der Waals surface area contributed by atoms with E-state index in [2.05, 4.69) is 24.3 Å². The molecule has 2 heteroatoms. The van der Waals surface area contributed by atoms with Crippen LogP contribution in [0.25, 0.3) is 0 Å². The highest BCUT2D eigenvalue weighted by atomic mass is 16.4. The standard InChI is InChI=1S/C17H22O2/c1-2-15(16(18)19)17(12-8-3-4-9-13-17)14-10-6-5-7-11-14/h5-8,10-12,15H,2-4,9,13H2,1H3,(H,18,19). The molecule has 0 radical (unpaired) electrons. The van der Waals surface area contributed by atoms with Crippen LogP contribution < -0.4 is 0 Å². The highest BCUT2D eigenvalue weighted by molar-refractivity contribution is 5.73. The van der Waals surface area contributed by atoms with Gasteiger partial charge in [0.25, 0.3) is 0 Å². The molecule has 0 saturated heterocycles. The van der Waals surface area contributed by atoms with Crippen molar-refractivity contribution in [2.75, 3.05) is 0 Å². The summed E-state index contributed by atoms with van der Waals surface area (Å²) in [5, 5.41) is 9.61. The lowest BCUT2D eigenvalue weighted by Gasteiger charge is -2.36. The molecule has 2 nitrogen and oxygen atoms in total. The highest BCUT2D eigenvalue weighted by Crippen LogP contribution is 2.42. The van der Waals surface area contributed by atoms with Crippen LogP contribution in [0.5, 0.6) is 0 Å². The fourth-order valence-electron chi connectivity index (χ4n) is 3.30. The van der Waals surface area contributed by atoms with Gasteiger partial charge >= 0.3 is 5.97 Å². The Morgan fingerprint density at radius 2 is 2.05 bits per heavy atom. The molecule has 0 aromatic heterocycles. The highest BCUT2D eigenvalue weighted by Gasteiger charge is 2.41. The lowest BCUT2D eigenvalue weighted by molar-refractivity contribution is -0.144. The van der Waals surface area contributed by atoms with Gasteiger partial charge in [0.05, 0.1) is 5.92 Å². The Kier molecular flexibility index (Phi) is 4.41. The molecular formula is C17H22O2. The number of allylic oxidation sites excluding steroid dienone is 2. The topological polar surface area (TPSA) is 37.3 Å². The van der Waals surface area contributed by atoms with Crippen LogP contribution in [0.1, 0.15) is 44.6 Å². The van der Waals surface area contributed by atoms with Crippen molar-refractivity contribution in [2.45, 2.75) is 44.4 Å². The molecule has 102 valence electrons. The van der Waals surface area contributed by atoms with E-state index in [1.54, 1.807) is 0 Å². The maximum absolute atomic E-state index is 11.7. The molecule has 2 rings (SSSR count). The molecule has 0 fully saturated rings. The molecule has 1 aromatic rings. The average Bonchev–Trinajstić information content (AvgIpc) is 2.67. The third-order valence-corrected chi connectivity index (χ3v) is 4.27. The van der Waals surface area contributed by atoms with Gasteiger partial charge in [0, 0.05) is 5.41 Å². The predicted octanol–water partition coefficient (Wildman–Crippen LogP) is 4.17. The Bertz CT molecular complexity index is 450. The van der Waals surface area contributed by atoms with Gasteiger partial charge < -0.3 is 5.11 Å². The first kappa shape index (κ1) is 13.9. The van der Waals surface area contributed by atoms with E-state index in [4.69, 9.17) is 0 Å². The number of aliphatic carboxylic acids is 1. The summed E-state index contributed by atoms with van der Waals surface area (Å²) < 4.78 is 0. The molecule has 0 amide bonds. The van der Waals surface area contributed by atoms with Gasteiger partial charge in [-0.05, 0) is 31.2 Å². The first-order chi connectivity index (χ1) is 9.20. The first-order valence-corrected chi connectivity index (χ1v) is 7.16. The van der Waals surface area contributed by atoms with E-state index in [1.165, 1.54) is 0 Å². The molecule has 1 aliphatic rings. The zero-order chi connectivity index (χ0) is 13.7. The van der Waals surface area contributed by atoms with Gasteiger partial charge in [-0.15, -0.1) is 0 Å². The lowest BCUT2D eigenvalue weighted by atomic mass is 9.66. The van der Waals surface area contributed by atoms with Gasteiger partial charge in [0.1, 0.15) is 0 Å². The van der Waals surface area contributed by atoms with Crippen molar-refractivity contribution >= 4 is 5.97 Å². The zero-order valence-corrected chi connectivity index (χ0v) is 11.5. The average molecular weight is 258 g/mol. The largest absolute Gasteiger partial charge is 0.481 e. The van der Waals surface area contributed by atoms with Crippen molar-refractivity contribution in [3.8, 4) is 0 Å². The molecule has 2 unspecified atom stereocenters. The van der Waals surface area contributed by atoms with Crippen LogP contribution in [0.15, 0.2) is 42.5 Å². The van der Waals surface area contributed by atoms with Crippen LogP contribution in [0.2, 0.25) is 0 Å². The monoisotopic (exact) mass is 258 g/mol. The minimum atomic E-state index is -0.682. The maximum atomic E-state index is 11.7. The summed E-state index contributed by atoms with van der Waals surface area (Å²) in [4.78, 5) is 11.7. The van der Waals surface area contributed by atoms with Crippen LogP contribution in [0.4, 0.5) is 0 Å². The summed E-state index contributed by atoms with van der Waals surface area (Å²) in [5.74, 6) is -1.03. The number of carboxylic acids is 1. The second kappa shape index (κ2) is 6.05. The van der Waals surface area contributed by atoms with E-state index >= 15 is 0 Å². The lowest BCUT2D eigenvalue weighted by Crippen LogP contribution is -2.38. The number of carbonyl (C=O) groups is 1. The Hall–Kier alpha value is -1.57. The fraction of sp³-hybridized carbons (Fsp3) is 0.471. The van der Waals surface area contributed by atoms with E-state index in [0.717, 1.165) is 31.2 Å². The smallest absolute Gasteiger partial charge is 0.307 e. The van der Waals surface area contributed by atoms with Gasteiger partial charge in [0.15, 0.2) is 0 Å². The minimum absolute atomic E-state index is 0.335. The Morgan fingerprint density at radius 3 is 2.68 bits per heavy atom. The molecule has 19 heavy (non-hydrogen) atoms.